The number of nitrogens with zero attached hydrogens (tertiary/aromatic N) is 2. The van der Waals surface area contributed by atoms with Crippen molar-refractivity contribution in [3.8, 4) is 5.75 Å². The van der Waals surface area contributed by atoms with Crippen LogP contribution in [0.5, 0.6) is 5.75 Å². The van der Waals surface area contributed by atoms with Gasteiger partial charge in [-0.2, -0.15) is 0 Å². The average molecular weight is 504 g/mol. The molecule has 1 fully saturated rings. The predicted octanol–water partition coefficient (Wildman–Crippen LogP) is 4.71. The minimum atomic E-state index is -3.01. The summed E-state index contributed by atoms with van der Waals surface area (Å²) in [5, 5.41) is 13.3. The van der Waals surface area contributed by atoms with Crippen molar-refractivity contribution in [3.63, 3.8) is 0 Å². The average Bonchev–Trinajstić information content (AvgIpc) is 3.30. The van der Waals surface area contributed by atoms with Crippen LogP contribution in [0, 0.1) is 0 Å². The number of pyridine rings is 1. The number of aryl methyl sites for hydroxylation is 2. The number of halogens is 2. The third-order valence-electron chi connectivity index (χ3n) is 6.60. The zero-order valence-corrected chi connectivity index (χ0v) is 20.7. The summed E-state index contributed by atoms with van der Waals surface area (Å²) in [7, 11) is 0. The molecule has 0 bridgehead atoms. The molecule has 0 amide bonds. The Balaban J connectivity index is 1.25. The Morgan fingerprint density at radius 2 is 2.11 bits per heavy atom. The number of carbonyl (C=O) groups is 1. The second-order valence-corrected chi connectivity index (χ2v) is 9.71. The third kappa shape index (κ3) is 7.13. The molecule has 2 N–H and O–H groups in total. The summed E-state index contributed by atoms with van der Waals surface area (Å²) in [5.74, 6) is -2.86. The first-order valence-electron chi connectivity index (χ1n) is 12.7. The lowest BCUT2D eigenvalue weighted by atomic mass is 10.0. The lowest BCUT2D eigenvalue weighted by molar-refractivity contribution is -0.143. The van der Waals surface area contributed by atoms with Crippen LogP contribution in [0.3, 0.4) is 0 Å². The SMILES string of the molecule is CC(F)(F)COc1ccccc1C(C(=O)O)N1CC[C@@H](OCCCCc2ccc3c(n2)NCCC3)C1. The minimum Gasteiger partial charge on any atom is -0.487 e. The molecule has 196 valence electrons. The van der Waals surface area contributed by atoms with Crippen LogP contribution in [0.25, 0.3) is 0 Å². The molecule has 2 aliphatic heterocycles. The number of carboxylic acids is 1. The number of rotatable bonds is 12. The van der Waals surface area contributed by atoms with E-state index in [-0.39, 0.29) is 11.9 Å². The second kappa shape index (κ2) is 12.0. The second-order valence-electron chi connectivity index (χ2n) is 9.71. The number of aliphatic carboxylic acids is 1. The van der Waals surface area contributed by atoms with E-state index >= 15 is 0 Å². The van der Waals surface area contributed by atoms with Gasteiger partial charge in [-0.1, -0.05) is 24.3 Å². The quantitative estimate of drug-likeness (QED) is 0.406. The number of benzene rings is 1. The molecule has 9 heteroatoms. The monoisotopic (exact) mass is 503 g/mol. The van der Waals surface area contributed by atoms with Gasteiger partial charge in [-0.05, 0) is 56.2 Å². The molecule has 2 aromatic rings. The fourth-order valence-corrected chi connectivity index (χ4v) is 4.82. The standard InChI is InChI=1S/C27H35F2N3O4/c1-27(28,29)18-36-23-10-3-2-9-22(23)24(26(33)34)32-15-13-21(17-32)35-16-5-4-8-20-12-11-19-7-6-14-30-25(19)31-20/h2-3,9-12,21,24H,4-8,13-18H2,1H3,(H,30,31)(H,33,34)/t21-,24?/m1/s1. The molecule has 0 saturated carbocycles. The third-order valence-corrected chi connectivity index (χ3v) is 6.60. The van der Waals surface area contributed by atoms with E-state index < -0.39 is 24.5 Å². The normalized spacial score (nSPS) is 18.9. The summed E-state index contributed by atoms with van der Waals surface area (Å²) in [6.07, 6.45) is 5.64. The number of hydrogen-bond donors (Lipinski definition) is 2. The molecule has 36 heavy (non-hydrogen) atoms. The van der Waals surface area contributed by atoms with Gasteiger partial charge in [0.25, 0.3) is 5.92 Å². The van der Waals surface area contributed by atoms with Crippen molar-refractivity contribution in [2.75, 3.05) is 38.2 Å². The molecule has 0 aliphatic carbocycles. The molecular formula is C27H35F2N3O4. The predicted molar refractivity (Wildman–Crippen MR) is 133 cm³/mol. The summed E-state index contributed by atoms with van der Waals surface area (Å²) < 4.78 is 38.0. The number of aromatic nitrogens is 1. The van der Waals surface area contributed by atoms with E-state index in [0.29, 0.717) is 25.3 Å². The highest BCUT2D eigenvalue weighted by Gasteiger charge is 2.36. The van der Waals surface area contributed by atoms with Gasteiger partial charge in [0, 0.05) is 44.4 Å². The van der Waals surface area contributed by atoms with Gasteiger partial charge in [0.15, 0.2) is 6.61 Å². The van der Waals surface area contributed by atoms with Crippen molar-refractivity contribution in [2.45, 2.75) is 63.5 Å². The minimum absolute atomic E-state index is 0.0639. The van der Waals surface area contributed by atoms with Gasteiger partial charge >= 0.3 is 5.97 Å². The zero-order valence-electron chi connectivity index (χ0n) is 20.7. The number of likely N-dealkylation sites (tertiary alicyclic amines) is 1. The van der Waals surface area contributed by atoms with E-state index in [2.05, 4.69) is 17.4 Å². The number of ether oxygens (including phenoxy) is 2. The van der Waals surface area contributed by atoms with Crippen molar-refractivity contribution in [3.05, 3.63) is 53.2 Å². The smallest absolute Gasteiger partial charge is 0.325 e. The maximum absolute atomic E-state index is 13.3. The molecule has 1 aromatic heterocycles. The van der Waals surface area contributed by atoms with Gasteiger partial charge in [-0.3, -0.25) is 9.69 Å². The Morgan fingerprint density at radius 1 is 1.28 bits per heavy atom. The van der Waals surface area contributed by atoms with Gasteiger partial charge in [0.2, 0.25) is 0 Å². The zero-order chi connectivity index (χ0) is 25.5. The fourth-order valence-electron chi connectivity index (χ4n) is 4.82. The Morgan fingerprint density at radius 3 is 2.92 bits per heavy atom. The van der Waals surface area contributed by atoms with Gasteiger partial charge in [0.1, 0.15) is 17.6 Å². The highest BCUT2D eigenvalue weighted by Crippen LogP contribution is 2.33. The Bertz CT molecular complexity index is 1030. The number of anilines is 1. The maximum atomic E-state index is 13.3. The molecule has 3 heterocycles. The van der Waals surface area contributed by atoms with Crippen LogP contribution in [0.15, 0.2) is 36.4 Å². The molecule has 2 aliphatic rings. The number of hydrogen-bond acceptors (Lipinski definition) is 6. The first-order chi connectivity index (χ1) is 17.3. The number of para-hydroxylation sites is 1. The van der Waals surface area contributed by atoms with Gasteiger partial charge < -0.3 is 19.9 Å². The number of carboxylic acid groups (broad SMARTS) is 1. The van der Waals surface area contributed by atoms with E-state index in [4.69, 9.17) is 14.5 Å². The lowest BCUT2D eigenvalue weighted by Gasteiger charge is -2.26. The Labute approximate surface area is 210 Å². The van der Waals surface area contributed by atoms with Crippen molar-refractivity contribution in [1.82, 2.24) is 9.88 Å². The molecule has 2 atom stereocenters. The van der Waals surface area contributed by atoms with E-state index in [9.17, 15) is 18.7 Å². The van der Waals surface area contributed by atoms with Crippen LogP contribution in [0.2, 0.25) is 0 Å². The van der Waals surface area contributed by atoms with Crippen molar-refractivity contribution >= 4 is 11.8 Å². The maximum Gasteiger partial charge on any atom is 0.325 e. The molecule has 7 nitrogen and oxygen atoms in total. The summed E-state index contributed by atoms with van der Waals surface area (Å²) in [4.78, 5) is 18.7. The molecule has 1 aromatic carbocycles. The van der Waals surface area contributed by atoms with Crippen LogP contribution >= 0.6 is 0 Å². The van der Waals surface area contributed by atoms with Crippen molar-refractivity contribution < 1.29 is 28.2 Å². The molecule has 4 rings (SSSR count). The lowest BCUT2D eigenvalue weighted by Crippen LogP contribution is -2.34. The summed E-state index contributed by atoms with van der Waals surface area (Å²) in [6, 6.07) is 9.80. The van der Waals surface area contributed by atoms with Crippen LogP contribution in [-0.2, 0) is 22.4 Å². The molecule has 1 saturated heterocycles. The van der Waals surface area contributed by atoms with E-state index in [1.54, 1.807) is 18.2 Å². The summed E-state index contributed by atoms with van der Waals surface area (Å²) in [5.41, 5.74) is 2.75. The number of nitrogens with one attached hydrogen (secondary N) is 1. The summed E-state index contributed by atoms with van der Waals surface area (Å²) >= 11 is 0. The van der Waals surface area contributed by atoms with Crippen LogP contribution in [0.1, 0.15) is 55.5 Å². The first-order valence-corrected chi connectivity index (χ1v) is 12.7. The van der Waals surface area contributed by atoms with E-state index in [1.165, 1.54) is 11.6 Å². The first kappa shape index (κ1) is 26.3. The highest BCUT2D eigenvalue weighted by atomic mass is 19.3. The fraction of sp³-hybridized carbons (Fsp3) is 0.556. The van der Waals surface area contributed by atoms with Crippen molar-refractivity contribution in [1.29, 1.82) is 0 Å². The number of unbranched alkanes of at least 4 members (excludes halogenated alkanes) is 1. The molecular weight excluding hydrogens is 468 g/mol. The molecule has 1 unspecified atom stereocenters. The number of alkyl halides is 2. The largest absolute Gasteiger partial charge is 0.487 e. The van der Waals surface area contributed by atoms with Gasteiger partial charge in [-0.25, -0.2) is 13.8 Å². The van der Waals surface area contributed by atoms with Crippen molar-refractivity contribution in [2.24, 2.45) is 0 Å². The Kier molecular flexibility index (Phi) is 8.74. The van der Waals surface area contributed by atoms with Gasteiger partial charge in [0.05, 0.1) is 6.10 Å². The topological polar surface area (TPSA) is 83.9 Å². The Hall–Kier alpha value is -2.78. The highest BCUT2D eigenvalue weighted by molar-refractivity contribution is 5.76. The number of fused-ring (bicyclic) bond motifs is 1. The van der Waals surface area contributed by atoms with E-state index in [0.717, 1.165) is 63.5 Å². The van der Waals surface area contributed by atoms with Crippen LogP contribution < -0.4 is 10.1 Å². The molecule has 0 spiro atoms. The van der Waals surface area contributed by atoms with Crippen LogP contribution in [-0.4, -0.2) is 65.8 Å². The van der Waals surface area contributed by atoms with Gasteiger partial charge in [-0.15, -0.1) is 0 Å². The summed E-state index contributed by atoms with van der Waals surface area (Å²) in [6.45, 7) is 2.56. The van der Waals surface area contributed by atoms with Crippen LogP contribution in [0.4, 0.5) is 14.6 Å². The molecule has 0 radical (unpaired) electrons. The van der Waals surface area contributed by atoms with E-state index in [1.807, 2.05) is 4.90 Å².